The third-order valence-corrected chi connectivity index (χ3v) is 4.49. The second-order valence-electron chi connectivity index (χ2n) is 5.59. The zero-order chi connectivity index (χ0) is 14.9. The lowest BCUT2D eigenvalue weighted by Crippen LogP contribution is -1.97. The van der Waals surface area contributed by atoms with Gasteiger partial charge in [-0.3, -0.25) is 4.79 Å². The molecule has 0 aliphatic heterocycles. The molecule has 0 aromatic heterocycles. The van der Waals surface area contributed by atoms with Gasteiger partial charge in [-0.15, -0.1) is 0 Å². The largest absolute Gasteiger partial charge is 0.291 e. The van der Waals surface area contributed by atoms with E-state index in [4.69, 9.17) is 0 Å². The molecular formula is C18H32BrO. The molecule has 0 heterocycles. The van der Waals surface area contributed by atoms with Crippen molar-refractivity contribution in [3.05, 3.63) is 12.2 Å². The van der Waals surface area contributed by atoms with Crippen LogP contribution in [0.4, 0.5) is 0 Å². The summed E-state index contributed by atoms with van der Waals surface area (Å²) in [4.78, 5) is 10.7. The monoisotopic (exact) mass is 343 g/mol. The maximum absolute atomic E-state index is 10.1. The summed E-state index contributed by atoms with van der Waals surface area (Å²) >= 11 is 3.68. The molecule has 1 atom stereocenters. The first-order chi connectivity index (χ1) is 9.81. The van der Waals surface area contributed by atoms with Gasteiger partial charge in [-0.25, -0.2) is 0 Å². The third-order valence-electron chi connectivity index (χ3n) is 3.58. The van der Waals surface area contributed by atoms with E-state index in [0.717, 1.165) is 12.8 Å². The van der Waals surface area contributed by atoms with Crippen LogP contribution in [-0.2, 0) is 4.79 Å². The van der Waals surface area contributed by atoms with Crippen LogP contribution in [0.1, 0.15) is 90.4 Å². The molecule has 0 amide bonds. The molecule has 20 heavy (non-hydrogen) atoms. The Bertz CT molecular complexity index is 225. The van der Waals surface area contributed by atoms with Crippen LogP contribution in [-0.4, -0.2) is 11.1 Å². The van der Waals surface area contributed by atoms with E-state index in [0.29, 0.717) is 11.2 Å². The predicted molar refractivity (Wildman–Crippen MR) is 93.2 cm³/mol. The molecule has 0 saturated heterocycles. The van der Waals surface area contributed by atoms with Gasteiger partial charge in [0, 0.05) is 11.2 Å². The molecule has 1 unspecified atom stereocenters. The van der Waals surface area contributed by atoms with Crippen LogP contribution < -0.4 is 0 Å². The molecular weight excluding hydrogens is 312 g/mol. The number of alkyl halides is 1. The van der Waals surface area contributed by atoms with Gasteiger partial charge in [-0.1, -0.05) is 67.1 Å². The average Bonchev–Trinajstić information content (AvgIpc) is 2.45. The highest BCUT2D eigenvalue weighted by Gasteiger charge is 2.02. The van der Waals surface area contributed by atoms with Gasteiger partial charge in [0.25, 0.3) is 0 Å². The second-order valence-corrected chi connectivity index (χ2v) is 6.89. The van der Waals surface area contributed by atoms with Crippen LogP contribution in [0.5, 0.6) is 0 Å². The maximum atomic E-state index is 10.1. The molecule has 0 N–H and O–H groups in total. The van der Waals surface area contributed by atoms with Gasteiger partial charge in [-0.05, 0) is 44.9 Å². The average molecular weight is 344 g/mol. The first kappa shape index (κ1) is 19.9. The van der Waals surface area contributed by atoms with Crippen LogP contribution in [0, 0.1) is 0 Å². The Balaban J connectivity index is 3.20. The van der Waals surface area contributed by atoms with Gasteiger partial charge in [0.2, 0.25) is 0 Å². The fourth-order valence-electron chi connectivity index (χ4n) is 2.28. The van der Waals surface area contributed by atoms with Crippen LogP contribution >= 0.6 is 15.9 Å². The molecule has 0 rings (SSSR count). The number of halogens is 1. The third kappa shape index (κ3) is 15.9. The molecule has 0 saturated carbocycles. The van der Waals surface area contributed by atoms with Crippen molar-refractivity contribution >= 4 is 22.2 Å². The molecule has 1 nitrogen and oxygen atoms in total. The van der Waals surface area contributed by atoms with Gasteiger partial charge >= 0.3 is 0 Å². The van der Waals surface area contributed by atoms with Crippen LogP contribution in [0.15, 0.2) is 12.2 Å². The van der Waals surface area contributed by atoms with E-state index in [2.05, 4.69) is 35.0 Å². The summed E-state index contributed by atoms with van der Waals surface area (Å²) in [5, 5.41) is 0. The topological polar surface area (TPSA) is 17.1 Å². The lowest BCUT2D eigenvalue weighted by molar-refractivity contribution is 0.544. The smallest absolute Gasteiger partial charge is 0.198 e. The van der Waals surface area contributed by atoms with E-state index in [1.165, 1.54) is 64.2 Å². The summed E-state index contributed by atoms with van der Waals surface area (Å²) in [5.41, 5.74) is 0. The molecule has 0 aromatic carbocycles. The van der Waals surface area contributed by atoms with Crippen molar-refractivity contribution in [2.75, 3.05) is 0 Å². The number of unbranched alkanes of at least 4 members (excludes halogenated alkanes) is 8. The summed E-state index contributed by atoms with van der Waals surface area (Å²) in [6.45, 7) is 2.26. The van der Waals surface area contributed by atoms with Crippen molar-refractivity contribution < 1.29 is 4.79 Å². The van der Waals surface area contributed by atoms with Gasteiger partial charge in [0.15, 0.2) is 6.29 Å². The Hall–Kier alpha value is -0.110. The minimum atomic E-state index is 0.572. The molecule has 117 valence electrons. The Kier molecular flexibility index (Phi) is 16.8. The van der Waals surface area contributed by atoms with Gasteiger partial charge < -0.3 is 0 Å². The quantitative estimate of drug-likeness (QED) is 0.188. The maximum Gasteiger partial charge on any atom is 0.198 e. The molecule has 0 fully saturated rings. The molecule has 0 aromatic rings. The Morgan fingerprint density at radius 2 is 1.50 bits per heavy atom. The summed E-state index contributed by atoms with van der Waals surface area (Å²) < 4.78 is 0. The molecule has 0 bridgehead atoms. The minimum absolute atomic E-state index is 0.572. The van der Waals surface area contributed by atoms with Crippen LogP contribution in [0.25, 0.3) is 0 Å². The lowest BCUT2D eigenvalue weighted by atomic mass is 10.1. The van der Waals surface area contributed by atoms with Crippen LogP contribution in [0.2, 0.25) is 0 Å². The zero-order valence-corrected chi connectivity index (χ0v) is 14.8. The van der Waals surface area contributed by atoms with E-state index < -0.39 is 0 Å². The summed E-state index contributed by atoms with van der Waals surface area (Å²) in [6, 6.07) is 0. The fraction of sp³-hybridized carbons (Fsp3) is 0.833. The first-order valence-corrected chi connectivity index (χ1v) is 9.37. The van der Waals surface area contributed by atoms with Crippen LogP contribution in [0.3, 0.4) is 0 Å². The zero-order valence-electron chi connectivity index (χ0n) is 13.2. The van der Waals surface area contributed by atoms with E-state index in [-0.39, 0.29) is 0 Å². The van der Waals surface area contributed by atoms with E-state index in [1.54, 1.807) is 0 Å². The van der Waals surface area contributed by atoms with Crippen molar-refractivity contribution in [3.8, 4) is 0 Å². The van der Waals surface area contributed by atoms with Crippen molar-refractivity contribution in [2.24, 2.45) is 0 Å². The molecule has 2 heteroatoms. The molecule has 0 spiro atoms. The number of carbonyl (C=O) groups excluding carboxylic acids is 1. The molecule has 0 aliphatic carbocycles. The lowest BCUT2D eigenvalue weighted by Gasteiger charge is -2.06. The van der Waals surface area contributed by atoms with Gasteiger partial charge in [0.05, 0.1) is 0 Å². The minimum Gasteiger partial charge on any atom is -0.291 e. The summed E-state index contributed by atoms with van der Waals surface area (Å²) in [6.07, 6.45) is 22.5. The second kappa shape index (κ2) is 16.9. The Labute approximate surface area is 134 Å². The van der Waals surface area contributed by atoms with Crippen molar-refractivity contribution in [1.29, 1.82) is 0 Å². The first-order valence-electron chi connectivity index (χ1n) is 8.45. The highest BCUT2D eigenvalue weighted by atomic mass is 79.9. The number of hydrogen-bond donors (Lipinski definition) is 0. The fourth-order valence-corrected chi connectivity index (χ4v) is 2.92. The number of allylic oxidation sites excluding steroid dienone is 2. The SMILES string of the molecule is CCCCCCCC/C=C\CCCC(Br)CCC[C]=O. The van der Waals surface area contributed by atoms with Gasteiger partial charge in [0.1, 0.15) is 0 Å². The predicted octanol–water partition coefficient (Wildman–Crippen LogP) is 6.51. The number of rotatable bonds is 15. The summed E-state index contributed by atoms with van der Waals surface area (Å²) in [7, 11) is 0. The Morgan fingerprint density at radius 1 is 0.900 bits per heavy atom. The standard InChI is InChI=1S/C18H32BrO/c1-2-3-4-5-6-7-8-9-10-11-12-15-18(19)16-13-14-17-20/h9-10,18H,2-8,11-16H2,1H3/b10-9-. The molecule has 0 aliphatic rings. The van der Waals surface area contributed by atoms with E-state index >= 15 is 0 Å². The van der Waals surface area contributed by atoms with Crippen molar-refractivity contribution in [3.63, 3.8) is 0 Å². The van der Waals surface area contributed by atoms with Gasteiger partial charge in [-0.2, -0.15) is 0 Å². The van der Waals surface area contributed by atoms with Crippen molar-refractivity contribution in [1.82, 2.24) is 0 Å². The highest BCUT2D eigenvalue weighted by Crippen LogP contribution is 2.16. The number of hydrogen-bond acceptors (Lipinski definition) is 1. The molecule has 1 radical (unpaired) electrons. The summed E-state index contributed by atoms with van der Waals surface area (Å²) in [5.74, 6) is 0. The van der Waals surface area contributed by atoms with E-state index in [9.17, 15) is 4.79 Å². The Morgan fingerprint density at radius 3 is 2.20 bits per heavy atom. The van der Waals surface area contributed by atoms with E-state index in [1.807, 2.05) is 6.29 Å². The van der Waals surface area contributed by atoms with Crippen molar-refractivity contribution in [2.45, 2.75) is 95.2 Å². The normalized spacial score (nSPS) is 12.9. The highest BCUT2D eigenvalue weighted by molar-refractivity contribution is 9.09.